The van der Waals surface area contributed by atoms with E-state index in [4.69, 9.17) is 14.2 Å². The van der Waals surface area contributed by atoms with Gasteiger partial charge in [0.05, 0.1) is 33.8 Å². The molecule has 2 aliphatic heterocycles. The molecule has 1 saturated carbocycles. The summed E-state index contributed by atoms with van der Waals surface area (Å²) < 4.78 is 17.4. The first kappa shape index (κ1) is 30.0. The number of hydrogen-bond acceptors (Lipinski definition) is 6. The summed E-state index contributed by atoms with van der Waals surface area (Å²) in [4.78, 5) is 32.3. The van der Waals surface area contributed by atoms with Crippen LogP contribution in [0.1, 0.15) is 56.6 Å². The van der Waals surface area contributed by atoms with Gasteiger partial charge in [0, 0.05) is 49.5 Å². The maximum atomic E-state index is 13.8. The highest BCUT2D eigenvalue weighted by Gasteiger charge is 2.33. The lowest BCUT2D eigenvalue weighted by atomic mass is 10.0. The molecule has 0 spiro atoms. The van der Waals surface area contributed by atoms with E-state index in [1.165, 1.54) is 19.3 Å². The second-order valence-corrected chi connectivity index (χ2v) is 11.9. The van der Waals surface area contributed by atoms with Crippen molar-refractivity contribution in [1.82, 2.24) is 15.1 Å². The number of urea groups is 1. The van der Waals surface area contributed by atoms with E-state index in [-0.39, 0.29) is 24.0 Å². The van der Waals surface area contributed by atoms with Crippen LogP contribution in [0.15, 0.2) is 36.4 Å². The Bertz CT molecular complexity index is 1240. The Hall–Kier alpha value is -3.46. The molecule has 2 atom stereocenters. The smallest absolute Gasteiger partial charge is 0.325 e. The number of amides is 3. The summed E-state index contributed by atoms with van der Waals surface area (Å²) in [6, 6.07) is 11.9. The van der Waals surface area contributed by atoms with Gasteiger partial charge < -0.3 is 29.3 Å². The molecule has 9 nitrogen and oxygen atoms in total. The number of rotatable bonds is 13. The molecule has 3 aliphatic rings. The summed E-state index contributed by atoms with van der Waals surface area (Å²) in [5.74, 6) is 3.01. The van der Waals surface area contributed by atoms with Crippen LogP contribution >= 0.6 is 0 Å². The van der Waals surface area contributed by atoms with Gasteiger partial charge >= 0.3 is 6.03 Å². The van der Waals surface area contributed by atoms with Crippen molar-refractivity contribution in [3.05, 3.63) is 47.5 Å². The van der Waals surface area contributed by atoms with Gasteiger partial charge in [-0.1, -0.05) is 25.0 Å². The molecule has 2 aromatic rings. The number of nitrogens with one attached hydrogen (secondary N) is 1. The van der Waals surface area contributed by atoms with Crippen molar-refractivity contribution in [1.29, 1.82) is 0 Å². The maximum Gasteiger partial charge on any atom is 0.325 e. The molecule has 1 N–H and O–H groups in total. The minimum atomic E-state index is -0.0493. The lowest BCUT2D eigenvalue weighted by Gasteiger charge is -2.40. The number of nitrogens with zero attached hydrogens (tertiary/aromatic N) is 3. The Morgan fingerprint density at radius 1 is 1.02 bits per heavy atom. The Kier molecular flexibility index (Phi) is 9.77. The minimum Gasteiger partial charge on any atom is -0.496 e. The number of carbonyl (C=O) groups excluding carboxylic acids is 2. The van der Waals surface area contributed by atoms with Crippen molar-refractivity contribution in [3.63, 3.8) is 0 Å². The van der Waals surface area contributed by atoms with Crippen LogP contribution in [0, 0.1) is 5.92 Å². The minimum absolute atomic E-state index is 0.0493. The van der Waals surface area contributed by atoms with Crippen LogP contribution in [-0.2, 0) is 17.8 Å². The van der Waals surface area contributed by atoms with Crippen molar-refractivity contribution in [3.8, 4) is 17.2 Å². The van der Waals surface area contributed by atoms with Gasteiger partial charge in [-0.2, -0.15) is 0 Å². The highest BCUT2D eigenvalue weighted by molar-refractivity contribution is 5.93. The monoisotopic (exact) mass is 578 g/mol. The molecule has 1 aliphatic carbocycles. The Morgan fingerprint density at radius 2 is 1.83 bits per heavy atom. The van der Waals surface area contributed by atoms with Gasteiger partial charge in [0.25, 0.3) is 0 Å². The van der Waals surface area contributed by atoms with Gasteiger partial charge in [0.1, 0.15) is 5.75 Å². The number of likely N-dealkylation sites (N-methyl/N-ethyl adjacent to an activating group) is 1. The molecule has 2 aromatic carbocycles. The van der Waals surface area contributed by atoms with E-state index in [1.807, 2.05) is 58.1 Å². The zero-order valence-corrected chi connectivity index (χ0v) is 25.6. The summed E-state index contributed by atoms with van der Waals surface area (Å²) in [7, 11) is 5.16. The van der Waals surface area contributed by atoms with Crippen molar-refractivity contribution in [2.45, 2.75) is 70.5 Å². The first-order valence-corrected chi connectivity index (χ1v) is 15.4. The molecule has 3 amide bonds. The average molecular weight is 579 g/mol. The quantitative estimate of drug-likeness (QED) is 0.342. The van der Waals surface area contributed by atoms with Crippen molar-refractivity contribution >= 4 is 17.6 Å². The second-order valence-electron chi connectivity index (χ2n) is 11.9. The van der Waals surface area contributed by atoms with Crippen LogP contribution < -0.4 is 24.4 Å². The van der Waals surface area contributed by atoms with Crippen LogP contribution in [-0.4, -0.2) is 81.3 Å². The van der Waals surface area contributed by atoms with E-state index < -0.39 is 0 Å². The summed E-state index contributed by atoms with van der Waals surface area (Å²) in [5.41, 5.74) is 2.62. The molecule has 0 aromatic heterocycles. The molecule has 3 fully saturated rings. The third kappa shape index (κ3) is 7.12. The molecule has 2 heterocycles. The molecule has 0 radical (unpaired) electrons. The molecular weight excluding hydrogens is 532 g/mol. The van der Waals surface area contributed by atoms with Crippen LogP contribution in [0.25, 0.3) is 0 Å². The maximum absolute atomic E-state index is 13.8. The van der Waals surface area contributed by atoms with Crippen LogP contribution in [0.3, 0.4) is 0 Å². The zero-order valence-electron chi connectivity index (χ0n) is 25.6. The molecular formula is C33H46N4O5. The van der Waals surface area contributed by atoms with Gasteiger partial charge in [0.15, 0.2) is 11.5 Å². The van der Waals surface area contributed by atoms with Gasteiger partial charge in [-0.3, -0.25) is 9.69 Å². The van der Waals surface area contributed by atoms with E-state index in [9.17, 15) is 9.59 Å². The fraction of sp³-hybridized carbons (Fsp3) is 0.576. The highest BCUT2D eigenvalue weighted by Crippen LogP contribution is 2.36. The lowest BCUT2D eigenvalue weighted by molar-refractivity contribution is -0.130. The normalized spacial score (nSPS) is 20.5. The molecule has 0 bridgehead atoms. The van der Waals surface area contributed by atoms with E-state index >= 15 is 0 Å². The first-order valence-electron chi connectivity index (χ1n) is 15.4. The first-order chi connectivity index (χ1) is 20.4. The standard InChI is InChI=1S/C33H46N4O5/c1-23-14-16-36(27-11-12-29(40-3)31(20-27)42-17-5-6-24-7-8-24)33(39)37(23)22-26-10-9-25(18-30(26)41-4)19-32(38)35(2)28-13-15-34-21-28/h9-12,18,20,23-24,28,34H,5-8,13-17,19,21-22H2,1-4H3/t23-,28+/m0/s1. The summed E-state index contributed by atoms with van der Waals surface area (Å²) in [6.07, 6.45) is 7.05. The summed E-state index contributed by atoms with van der Waals surface area (Å²) in [5, 5.41) is 3.32. The van der Waals surface area contributed by atoms with Crippen molar-refractivity contribution < 1.29 is 23.8 Å². The molecule has 2 saturated heterocycles. The van der Waals surface area contributed by atoms with Gasteiger partial charge in [-0.05, 0) is 68.8 Å². The van der Waals surface area contributed by atoms with E-state index in [0.29, 0.717) is 43.4 Å². The van der Waals surface area contributed by atoms with Gasteiger partial charge in [-0.25, -0.2) is 4.79 Å². The number of anilines is 1. The number of carbonyl (C=O) groups is 2. The van der Waals surface area contributed by atoms with Crippen LogP contribution in [0.5, 0.6) is 17.2 Å². The fourth-order valence-electron chi connectivity index (χ4n) is 5.97. The number of hydrogen-bond donors (Lipinski definition) is 1. The number of benzene rings is 2. The predicted octanol–water partition coefficient (Wildman–Crippen LogP) is 4.86. The lowest BCUT2D eigenvalue weighted by Crippen LogP contribution is -2.53. The average Bonchev–Trinajstić information content (AvgIpc) is 3.66. The molecule has 9 heteroatoms. The largest absolute Gasteiger partial charge is 0.496 e. The molecule has 5 rings (SSSR count). The van der Waals surface area contributed by atoms with E-state index in [1.54, 1.807) is 14.2 Å². The third-order valence-corrected chi connectivity index (χ3v) is 8.97. The number of methoxy groups -OCH3 is 2. The third-order valence-electron chi connectivity index (χ3n) is 8.97. The predicted molar refractivity (Wildman–Crippen MR) is 164 cm³/mol. The highest BCUT2D eigenvalue weighted by atomic mass is 16.5. The van der Waals surface area contributed by atoms with E-state index in [2.05, 4.69) is 12.2 Å². The van der Waals surface area contributed by atoms with E-state index in [0.717, 1.165) is 55.1 Å². The molecule has 0 unspecified atom stereocenters. The summed E-state index contributed by atoms with van der Waals surface area (Å²) in [6.45, 7) is 5.57. The Morgan fingerprint density at radius 3 is 2.55 bits per heavy atom. The van der Waals surface area contributed by atoms with Crippen molar-refractivity contribution in [2.24, 2.45) is 5.92 Å². The Labute approximate surface area is 250 Å². The zero-order chi connectivity index (χ0) is 29.6. The van der Waals surface area contributed by atoms with Crippen LogP contribution in [0.4, 0.5) is 10.5 Å². The SMILES string of the molecule is COc1cc(CC(=O)N(C)[C@@H]2CCNC2)ccc1CN1C(=O)N(c2ccc(OC)c(OCCCC3CC3)c2)CC[C@@H]1C. The van der Waals surface area contributed by atoms with Gasteiger partial charge in [0.2, 0.25) is 5.91 Å². The topological polar surface area (TPSA) is 83.6 Å². The number of ether oxygens (including phenoxy) is 3. The Balaban J connectivity index is 1.26. The fourth-order valence-corrected chi connectivity index (χ4v) is 5.97. The van der Waals surface area contributed by atoms with Crippen LogP contribution in [0.2, 0.25) is 0 Å². The molecule has 228 valence electrons. The molecule has 42 heavy (non-hydrogen) atoms. The summed E-state index contributed by atoms with van der Waals surface area (Å²) >= 11 is 0. The second kappa shape index (κ2) is 13.7. The van der Waals surface area contributed by atoms with Crippen molar-refractivity contribution in [2.75, 3.05) is 52.4 Å². The van der Waals surface area contributed by atoms with Gasteiger partial charge in [-0.15, -0.1) is 0 Å².